The van der Waals surface area contributed by atoms with Gasteiger partial charge in [0.15, 0.2) is 6.29 Å². The minimum absolute atomic E-state index is 0.00579. The molecule has 9 nitrogen and oxygen atoms in total. The molecule has 0 aliphatic carbocycles. The van der Waals surface area contributed by atoms with E-state index in [-0.39, 0.29) is 19.0 Å². The molecule has 0 amide bonds. The fourth-order valence-electron chi connectivity index (χ4n) is 6.22. The molecule has 0 saturated carbocycles. The molecule has 9 heteroatoms. The van der Waals surface area contributed by atoms with E-state index < -0.39 is 0 Å². The van der Waals surface area contributed by atoms with Gasteiger partial charge in [-0.3, -0.25) is 0 Å². The monoisotopic (exact) mass is 1060 g/mol. The molecule has 0 aliphatic heterocycles. The van der Waals surface area contributed by atoms with Gasteiger partial charge in [0, 0.05) is 53.8 Å². The quantitative estimate of drug-likeness (QED) is 0.0357. The third kappa shape index (κ3) is 108. The molecule has 0 saturated heterocycles. The molecule has 454 valence electrons. The van der Waals surface area contributed by atoms with Crippen LogP contribution in [0.4, 0.5) is 0 Å². The van der Waals surface area contributed by atoms with Crippen LogP contribution in [0.2, 0.25) is 0 Å². The van der Waals surface area contributed by atoms with Gasteiger partial charge in [-0.25, -0.2) is 0 Å². The van der Waals surface area contributed by atoms with Gasteiger partial charge in [-0.05, 0) is 156 Å². The molecular weight excluding hydrogens is 909 g/mol. The molecule has 0 aromatic carbocycles. The Balaban J connectivity index is -0.000000111. The highest BCUT2D eigenvalue weighted by molar-refractivity contribution is 4.59. The summed E-state index contributed by atoms with van der Waals surface area (Å²) < 4.78 is 20.7. The van der Waals surface area contributed by atoms with E-state index in [2.05, 4.69) is 163 Å². The summed E-state index contributed by atoms with van der Waals surface area (Å²) >= 11 is 0. The van der Waals surface area contributed by atoms with Gasteiger partial charge in [0.25, 0.3) is 0 Å². The van der Waals surface area contributed by atoms with Gasteiger partial charge in [0.1, 0.15) is 0 Å². The van der Waals surface area contributed by atoms with E-state index in [0.717, 1.165) is 120 Å². The van der Waals surface area contributed by atoms with Gasteiger partial charge < -0.3 is 44.5 Å². The maximum atomic E-state index is 9.03. The lowest BCUT2D eigenvalue weighted by Crippen LogP contribution is -2.29. The Hall–Kier alpha value is -0.360. The first-order valence-electron chi connectivity index (χ1n) is 30.9. The third-order valence-corrected chi connectivity index (χ3v) is 11.5. The lowest BCUT2D eigenvalue weighted by atomic mass is 9.95. The highest BCUT2D eigenvalue weighted by Gasteiger charge is 2.08. The van der Waals surface area contributed by atoms with Crippen molar-refractivity contribution in [3.05, 3.63) is 0 Å². The van der Waals surface area contributed by atoms with E-state index in [0.29, 0.717) is 24.4 Å². The number of nitrogens with zero attached hydrogens (tertiary/aromatic N) is 1. The van der Waals surface area contributed by atoms with Crippen molar-refractivity contribution in [2.24, 2.45) is 53.3 Å². The smallest absolute Gasteiger partial charge is 0.156 e. The Labute approximate surface area is 463 Å². The molecule has 2 atom stereocenters. The maximum Gasteiger partial charge on any atom is 0.156 e. The Morgan fingerprint density at radius 2 is 0.877 bits per heavy atom. The molecule has 2 unspecified atom stereocenters. The largest absolute Gasteiger partial charge is 0.396 e. The predicted octanol–water partition coefficient (Wildman–Crippen LogP) is 17.4. The number of aliphatic hydroxyl groups is 3. The van der Waals surface area contributed by atoms with E-state index in [4.69, 9.17) is 34.3 Å². The Kier molecular flexibility index (Phi) is 92.7. The molecular formula is C64H146N2O7. The lowest BCUT2D eigenvalue weighted by molar-refractivity contribution is -0.107. The van der Waals surface area contributed by atoms with Gasteiger partial charge in [-0.15, -0.1) is 0 Å². The van der Waals surface area contributed by atoms with Crippen LogP contribution < -0.4 is 5.32 Å². The molecule has 0 spiro atoms. The zero-order valence-corrected chi connectivity index (χ0v) is 55.1. The number of rotatable bonds is 37. The van der Waals surface area contributed by atoms with Crippen LogP contribution in [0.5, 0.6) is 0 Å². The molecule has 0 radical (unpaired) electrons. The van der Waals surface area contributed by atoms with Gasteiger partial charge in [-0.2, -0.15) is 0 Å². The second-order valence-electron chi connectivity index (χ2n) is 23.3. The van der Waals surface area contributed by atoms with Crippen LogP contribution >= 0.6 is 0 Å². The number of methoxy groups -OCH3 is 2. The fraction of sp³-hybridized carbons (Fsp3) is 1.00. The summed E-state index contributed by atoms with van der Waals surface area (Å²) in [6.07, 6.45) is 20.1. The van der Waals surface area contributed by atoms with Gasteiger partial charge >= 0.3 is 0 Å². The summed E-state index contributed by atoms with van der Waals surface area (Å²) in [5.74, 6) is 6.62. The van der Waals surface area contributed by atoms with Crippen molar-refractivity contribution in [3.63, 3.8) is 0 Å². The predicted molar refractivity (Wildman–Crippen MR) is 329 cm³/mol. The summed E-state index contributed by atoms with van der Waals surface area (Å²) in [5, 5.41) is 29.9. The van der Waals surface area contributed by atoms with E-state index in [1.54, 1.807) is 14.2 Å². The normalized spacial score (nSPS) is 11.8. The highest BCUT2D eigenvalue weighted by atomic mass is 16.7. The van der Waals surface area contributed by atoms with Crippen LogP contribution in [0.15, 0.2) is 0 Å². The summed E-state index contributed by atoms with van der Waals surface area (Å²) in [7, 11) is 3.37. The Bertz CT molecular complexity index is 821. The van der Waals surface area contributed by atoms with Crippen LogP contribution in [0, 0.1) is 53.3 Å². The van der Waals surface area contributed by atoms with Crippen molar-refractivity contribution in [1.29, 1.82) is 0 Å². The van der Waals surface area contributed by atoms with Crippen LogP contribution in [0.25, 0.3) is 0 Å². The minimum Gasteiger partial charge on any atom is -0.396 e. The molecule has 0 heterocycles. The summed E-state index contributed by atoms with van der Waals surface area (Å²) in [6, 6.07) is 0. The standard InChI is InChI=1S/C10H23NO.C9H20O2.C8H19N.2C8H18O.2C7H16O.C7H16/c1-4-6-11(8-9-12)7-5-10(2)3;1-8(2)6-5-7-9(10-3)11-4;3*1-4-6-9-7-5-8(2)3;1-4-7(5-8)6(2)3;1-4-7(8)5-6(2)3;1-4-5-6-7(2)3/h10,12H,4-9H2,1-3H3;8-9H,5-7H2,1-4H3;8-9H,4-7H2,1-3H3;2*8H,4-7H2,1-3H3;2*6-8H,4-5H2,1-3H3;7H,4-6H2,1-3H3. The van der Waals surface area contributed by atoms with Gasteiger partial charge in [0.05, 0.1) is 12.7 Å². The molecule has 0 aliphatic rings. The highest BCUT2D eigenvalue weighted by Crippen LogP contribution is 2.13. The molecule has 0 rings (SSSR count). The average Bonchev–Trinajstić information content (AvgIpc) is 3.32. The van der Waals surface area contributed by atoms with E-state index in [9.17, 15) is 0 Å². The molecule has 73 heavy (non-hydrogen) atoms. The van der Waals surface area contributed by atoms with Gasteiger partial charge in [0.2, 0.25) is 0 Å². The van der Waals surface area contributed by atoms with Crippen LogP contribution in [0.1, 0.15) is 268 Å². The SMILES string of the molecule is CCC(CO)C(C)C.CCC(O)CC(C)C.CCCCC(C)C.CCCN(CCO)CCC(C)C.CCCNCCC(C)C.CCCOCCC(C)C.CCCOCCC(C)C.COC(CCCC(C)C)OC. The second-order valence-corrected chi connectivity index (χ2v) is 23.3. The first-order valence-corrected chi connectivity index (χ1v) is 30.9. The van der Waals surface area contributed by atoms with Crippen LogP contribution in [-0.4, -0.2) is 119 Å². The van der Waals surface area contributed by atoms with Crippen LogP contribution in [-0.2, 0) is 18.9 Å². The van der Waals surface area contributed by atoms with Gasteiger partial charge in [-0.1, -0.05) is 191 Å². The lowest BCUT2D eigenvalue weighted by Gasteiger charge is -2.21. The second kappa shape index (κ2) is 75.9. The Morgan fingerprint density at radius 3 is 1.14 bits per heavy atom. The summed E-state index contributed by atoms with van der Waals surface area (Å²) in [4.78, 5) is 2.33. The average molecular weight is 1060 g/mol. The minimum atomic E-state index is -0.0741. The number of nitrogens with one attached hydrogen (secondary N) is 1. The first kappa shape index (κ1) is 89.2. The summed E-state index contributed by atoms with van der Waals surface area (Å²) in [6.45, 7) is 60.2. The third-order valence-electron chi connectivity index (χ3n) is 11.5. The number of hydrogen-bond donors (Lipinski definition) is 4. The van der Waals surface area contributed by atoms with Crippen molar-refractivity contribution in [2.75, 3.05) is 86.6 Å². The first-order chi connectivity index (χ1) is 34.4. The van der Waals surface area contributed by atoms with Crippen molar-refractivity contribution >= 4 is 0 Å². The molecule has 0 aromatic rings. The Morgan fingerprint density at radius 1 is 0.425 bits per heavy atom. The van der Waals surface area contributed by atoms with Crippen molar-refractivity contribution < 1.29 is 34.3 Å². The molecule has 0 bridgehead atoms. The van der Waals surface area contributed by atoms with Crippen LogP contribution in [0.3, 0.4) is 0 Å². The number of hydrogen-bond acceptors (Lipinski definition) is 9. The fourth-order valence-corrected chi connectivity index (χ4v) is 6.22. The number of aliphatic hydroxyl groups excluding tert-OH is 3. The van der Waals surface area contributed by atoms with E-state index in [1.807, 2.05) is 6.92 Å². The molecule has 0 aromatic heterocycles. The number of unbranched alkanes of at least 4 members (excludes halogenated alkanes) is 1. The van der Waals surface area contributed by atoms with Crippen molar-refractivity contribution in [3.8, 4) is 0 Å². The van der Waals surface area contributed by atoms with Crippen molar-refractivity contribution in [2.45, 2.75) is 281 Å². The molecule has 4 N–H and O–H groups in total. The molecule has 0 fully saturated rings. The maximum absolute atomic E-state index is 9.03. The number of ether oxygens (including phenoxy) is 4. The zero-order valence-electron chi connectivity index (χ0n) is 55.1. The van der Waals surface area contributed by atoms with E-state index >= 15 is 0 Å². The van der Waals surface area contributed by atoms with E-state index in [1.165, 1.54) is 83.7 Å². The summed E-state index contributed by atoms with van der Waals surface area (Å²) in [5.41, 5.74) is 0. The van der Waals surface area contributed by atoms with Crippen molar-refractivity contribution in [1.82, 2.24) is 10.2 Å². The zero-order chi connectivity index (χ0) is 58.3. The topological polar surface area (TPSA) is 113 Å².